The smallest absolute Gasteiger partial charge is 0.326 e. The van der Waals surface area contributed by atoms with Crippen LogP contribution in [0.4, 0.5) is 0 Å². The molecule has 1 aromatic carbocycles. The number of rotatable bonds is 8. The van der Waals surface area contributed by atoms with Crippen molar-refractivity contribution in [3.63, 3.8) is 0 Å². The number of carbonyl (C=O) groups excluding carboxylic acids is 1. The van der Waals surface area contributed by atoms with E-state index in [2.05, 4.69) is 26.1 Å². The fraction of sp³-hybridized carbons (Fsp3) is 0.556. The van der Waals surface area contributed by atoms with Crippen LogP contribution >= 0.6 is 11.8 Å². The minimum atomic E-state index is -1.02. The highest BCUT2D eigenvalue weighted by atomic mass is 32.2. The lowest BCUT2D eigenvalue weighted by atomic mass is 9.85. The number of amides is 1. The van der Waals surface area contributed by atoms with Crippen molar-refractivity contribution in [2.75, 3.05) is 18.6 Å². The van der Waals surface area contributed by atoms with E-state index in [1.54, 1.807) is 11.8 Å². The molecule has 1 amide bonds. The van der Waals surface area contributed by atoms with Gasteiger partial charge in [-0.3, -0.25) is 4.79 Å². The van der Waals surface area contributed by atoms with Crippen molar-refractivity contribution in [1.29, 1.82) is 0 Å². The van der Waals surface area contributed by atoms with Crippen molar-refractivity contribution < 1.29 is 19.4 Å². The molecule has 1 aromatic rings. The predicted molar refractivity (Wildman–Crippen MR) is 97.9 cm³/mol. The van der Waals surface area contributed by atoms with Gasteiger partial charge in [-0.25, -0.2) is 4.79 Å². The molecule has 0 aliphatic heterocycles. The highest BCUT2D eigenvalue weighted by Gasteiger charge is 2.22. The average molecular weight is 353 g/mol. The van der Waals surface area contributed by atoms with Crippen LogP contribution < -0.4 is 10.1 Å². The third-order valence-corrected chi connectivity index (χ3v) is 4.26. The van der Waals surface area contributed by atoms with Gasteiger partial charge in [-0.1, -0.05) is 39.0 Å². The van der Waals surface area contributed by atoms with Crippen molar-refractivity contribution in [3.8, 4) is 5.75 Å². The van der Waals surface area contributed by atoms with Crippen molar-refractivity contribution in [2.24, 2.45) is 0 Å². The number of benzene rings is 1. The summed E-state index contributed by atoms with van der Waals surface area (Å²) in [7, 11) is 0. The molecular weight excluding hydrogens is 326 g/mol. The number of aryl methyl sites for hydroxylation is 1. The molecule has 0 bridgehead atoms. The number of carbonyl (C=O) groups is 2. The molecule has 0 fully saturated rings. The number of hydrogen-bond acceptors (Lipinski definition) is 4. The first-order chi connectivity index (χ1) is 11.2. The van der Waals surface area contributed by atoms with Crippen LogP contribution in [0.3, 0.4) is 0 Å². The fourth-order valence-corrected chi connectivity index (χ4v) is 2.77. The van der Waals surface area contributed by atoms with E-state index >= 15 is 0 Å². The Kier molecular flexibility index (Phi) is 7.60. The summed E-state index contributed by atoms with van der Waals surface area (Å²) in [6, 6.07) is 5.00. The molecule has 2 N–H and O–H groups in total. The maximum absolute atomic E-state index is 12.1. The molecule has 1 atom stereocenters. The van der Waals surface area contributed by atoms with E-state index in [9.17, 15) is 9.59 Å². The van der Waals surface area contributed by atoms with Gasteiger partial charge in [0.2, 0.25) is 0 Å². The average Bonchev–Trinajstić information content (AvgIpc) is 2.48. The van der Waals surface area contributed by atoms with Crippen LogP contribution in [0.2, 0.25) is 0 Å². The van der Waals surface area contributed by atoms with E-state index in [-0.39, 0.29) is 12.0 Å². The fourth-order valence-electron chi connectivity index (χ4n) is 2.30. The Hall–Kier alpha value is -1.69. The summed E-state index contributed by atoms with van der Waals surface area (Å²) < 4.78 is 5.73. The zero-order chi connectivity index (χ0) is 18.3. The summed E-state index contributed by atoms with van der Waals surface area (Å²) in [5, 5.41) is 11.7. The first kappa shape index (κ1) is 20.4. The van der Waals surface area contributed by atoms with Crippen LogP contribution in [0.15, 0.2) is 18.2 Å². The Morgan fingerprint density at radius 1 is 1.33 bits per heavy atom. The molecular formula is C18H27NO4S. The van der Waals surface area contributed by atoms with Gasteiger partial charge in [-0.2, -0.15) is 11.8 Å². The third kappa shape index (κ3) is 6.07. The standard InChI is InChI=1S/C18H27NO4S/c1-12-7-6-8-13(18(2,3)4)16(12)23-11-15(20)19-14(17(21)22)9-10-24-5/h6-8,14H,9-11H2,1-5H3,(H,19,20)(H,21,22). The van der Waals surface area contributed by atoms with Crippen molar-refractivity contribution in [1.82, 2.24) is 5.32 Å². The SMILES string of the molecule is CSCCC(NC(=O)COc1c(C)cccc1C(C)(C)C)C(=O)O. The first-order valence-corrected chi connectivity index (χ1v) is 9.30. The Morgan fingerprint density at radius 3 is 2.54 bits per heavy atom. The van der Waals surface area contributed by atoms with Gasteiger partial charge in [0.25, 0.3) is 5.91 Å². The minimum Gasteiger partial charge on any atom is -0.483 e. The highest BCUT2D eigenvalue weighted by Crippen LogP contribution is 2.33. The number of hydrogen-bond donors (Lipinski definition) is 2. The highest BCUT2D eigenvalue weighted by molar-refractivity contribution is 7.98. The molecule has 1 unspecified atom stereocenters. The van der Waals surface area contributed by atoms with Crippen molar-refractivity contribution >= 4 is 23.6 Å². The van der Waals surface area contributed by atoms with Crippen LogP contribution in [0, 0.1) is 6.92 Å². The molecule has 0 radical (unpaired) electrons. The predicted octanol–water partition coefficient (Wildman–Crippen LogP) is 2.99. The number of carboxylic acids is 1. The lowest BCUT2D eigenvalue weighted by Gasteiger charge is -2.24. The Morgan fingerprint density at radius 2 is 2.00 bits per heavy atom. The summed E-state index contributed by atoms with van der Waals surface area (Å²) >= 11 is 1.55. The Labute approximate surface area is 148 Å². The van der Waals surface area contributed by atoms with E-state index in [0.717, 1.165) is 11.1 Å². The van der Waals surface area contributed by atoms with Gasteiger partial charge in [0.05, 0.1) is 0 Å². The van der Waals surface area contributed by atoms with Gasteiger partial charge in [0, 0.05) is 0 Å². The molecule has 0 aromatic heterocycles. The normalized spacial score (nSPS) is 12.5. The van der Waals surface area contributed by atoms with Crippen LogP contribution in [-0.2, 0) is 15.0 Å². The Balaban J connectivity index is 2.75. The van der Waals surface area contributed by atoms with Crippen LogP contribution in [-0.4, -0.2) is 41.6 Å². The number of para-hydroxylation sites is 1. The summed E-state index contributed by atoms with van der Waals surface area (Å²) in [6.45, 7) is 7.98. The molecule has 0 heterocycles. The van der Waals surface area contributed by atoms with E-state index in [0.29, 0.717) is 17.9 Å². The first-order valence-electron chi connectivity index (χ1n) is 7.90. The molecule has 1 rings (SSSR count). The summed E-state index contributed by atoms with van der Waals surface area (Å²) in [4.78, 5) is 23.3. The number of aliphatic carboxylic acids is 1. The Bertz CT molecular complexity index is 581. The van der Waals surface area contributed by atoms with Crippen LogP contribution in [0.25, 0.3) is 0 Å². The molecule has 0 spiro atoms. The second-order valence-corrected chi connectivity index (χ2v) is 7.72. The molecule has 6 heteroatoms. The van der Waals surface area contributed by atoms with Crippen LogP contribution in [0.5, 0.6) is 5.75 Å². The molecule has 0 saturated heterocycles. The second kappa shape index (κ2) is 8.97. The van der Waals surface area contributed by atoms with Gasteiger partial charge in [-0.15, -0.1) is 0 Å². The monoisotopic (exact) mass is 353 g/mol. The lowest BCUT2D eigenvalue weighted by Crippen LogP contribution is -2.43. The topological polar surface area (TPSA) is 75.6 Å². The molecule has 24 heavy (non-hydrogen) atoms. The van der Waals surface area contributed by atoms with E-state index < -0.39 is 17.9 Å². The number of thioether (sulfide) groups is 1. The van der Waals surface area contributed by atoms with Crippen molar-refractivity contribution in [2.45, 2.75) is 45.6 Å². The minimum absolute atomic E-state index is 0.111. The van der Waals surface area contributed by atoms with Gasteiger partial charge >= 0.3 is 5.97 Å². The van der Waals surface area contributed by atoms with Gasteiger partial charge in [0.15, 0.2) is 6.61 Å². The van der Waals surface area contributed by atoms with Crippen molar-refractivity contribution in [3.05, 3.63) is 29.3 Å². The molecule has 0 aliphatic carbocycles. The lowest BCUT2D eigenvalue weighted by molar-refractivity contribution is -0.142. The summed E-state index contributed by atoms with van der Waals surface area (Å²) in [6.07, 6.45) is 2.29. The zero-order valence-electron chi connectivity index (χ0n) is 15.0. The van der Waals surface area contributed by atoms with E-state index in [1.165, 1.54) is 0 Å². The number of carboxylic acid groups (broad SMARTS) is 1. The van der Waals surface area contributed by atoms with Gasteiger partial charge in [0.1, 0.15) is 11.8 Å². The second-order valence-electron chi connectivity index (χ2n) is 6.73. The van der Waals surface area contributed by atoms with E-state index in [4.69, 9.17) is 9.84 Å². The molecule has 134 valence electrons. The number of nitrogens with one attached hydrogen (secondary N) is 1. The molecule has 0 saturated carbocycles. The third-order valence-electron chi connectivity index (χ3n) is 3.61. The maximum Gasteiger partial charge on any atom is 0.326 e. The number of ether oxygens (including phenoxy) is 1. The van der Waals surface area contributed by atoms with Gasteiger partial charge < -0.3 is 15.2 Å². The molecule has 5 nitrogen and oxygen atoms in total. The maximum atomic E-state index is 12.1. The van der Waals surface area contributed by atoms with E-state index in [1.807, 2.05) is 31.4 Å². The largest absolute Gasteiger partial charge is 0.483 e. The quantitative estimate of drug-likeness (QED) is 0.751. The summed E-state index contributed by atoms with van der Waals surface area (Å²) in [5.74, 6) is -0.0872. The zero-order valence-corrected chi connectivity index (χ0v) is 15.8. The molecule has 0 aliphatic rings. The van der Waals surface area contributed by atoms with Crippen LogP contribution in [0.1, 0.15) is 38.3 Å². The van der Waals surface area contributed by atoms with Gasteiger partial charge in [-0.05, 0) is 41.9 Å². The summed E-state index contributed by atoms with van der Waals surface area (Å²) in [5.41, 5.74) is 1.86.